The molecule has 9 nitrogen and oxygen atoms in total. The van der Waals surface area contributed by atoms with Gasteiger partial charge in [0.1, 0.15) is 5.69 Å². The third-order valence-electron chi connectivity index (χ3n) is 6.15. The summed E-state index contributed by atoms with van der Waals surface area (Å²) in [5.41, 5.74) is 3.80. The Bertz CT molecular complexity index is 1350. The van der Waals surface area contributed by atoms with E-state index in [-0.39, 0.29) is 11.5 Å². The van der Waals surface area contributed by atoms with Crippen molar-refractivity contribution in [1.82, 2.24) is 24.8 Å². The van der Waals surface area contributed by atoms with Crippen molar-refractivity contribution < 1.29 is 4.79 Å². The molecule has 2 aromatic heterocycles. The van der Waals surface area contributed by atoms with Gasteiger partial charge in [-0.1, -0.05) is 12.7 Å². The number of hydrogen-bond donors (Lipinski definition) is 2. The van der Waals surface area contributed by atoms with Crippen molar-refractivity contribution in [2.45, 2.75) is 13.5 Å². The van der Waals surface area contributed by atoms with Gasteiger partial charge < -0.3 is 15.2 Å². The number of carbonyl (C=O) groups excluding carboxylic acids is 1. The summed E-state index contributed by atoms with van der Waals surface area (Å²) in [6, 6.07) is 7.56. The minimum Gasteiger partial charge on any atom is -0.368 e. The molecule has 2 N–H and O–H groups in total. The van der Waals surface area contributed by atoms with Crippen molar-refractivity contribution in [3.05, 3.63) is 74.2 Å². The summed E-state index contributed by atoms with van der Waals surface area (Å²) in [5, 5.41) is 3.07. The first-order valence-electron chi connectivity index (χ1n) is 10.9. The molecule has 0 bridgehead atoms. The number of nitrogens with one attached hydrogen (secondary N) is 2. The number of benzene rings is 1. The Hall–Kier alpha value is -3.72. The molecule has 172 valence electrons. The molecule has 1 saturated heterocycles. The summed E-state index contributed by atoms with van der Waals surface area (Å²) >= 11 is 0. The average molecular weight is 449 g/mol. The van der Waals surface area contributed by atoms with Gasteiger partial charge in [-0.25, -0.2) is 9.78 Å². The number of aromatic amines is 1. The highest BCUT2D eigenvalue weighted by atomic mass is 16.2. The summed E-state index contributed by atoms with van der Waals surface area (Å²) in [6.45, 7) is 9.84. The molecule has 0 radical (unpaired) electrons. The van der Waals surface area contributed by atoms with Crippen LogP contribution in [-0.2, 0) is 13.6 Å². The first kappa shape index (κ1) is 22.5. The fraction of sp³-hybridized carbons (Fsp3) is 0.333. The van der Waals surface area contributed by atoms with E-state index in [0.717, 1.165) is 53.3 Å². The first-order valence-corrected chi connectivity index (χ1v) is 10.9. The van der Waals surface area contributed by atoms with Crippen LogP contribution in [0.15, 0.2) is 40.4 Å². The predicted molar refractivity (Wildman–Crippen MR) is 130 cm³/mol. The van der Waals surface area contributed by atoms with Crippen molar-refractivity contribution >= 4 is 28.6 Å². The molecule has 3 heterocycles. The summed E-state index contributed by atoms with van der Waals surface area (Å²) in [6.07, 6.45) is 1.65. The number of aromatic nitrogens is 3. The Morgan fingerprint density at radius 3 is 2.58 bits per heavy atom. The number of carbonyl (C=O) groups is 1. The molecule has 33 heavy (non-hydrogen) atoms. The maximum absolute atomic E-state index is 12.6. The van der Waals surface area contributed by atoms with Crippen molar-refractivity contribution in [1.29, 1.82) is 0 Å². The summed E-state index contributed by atoms with van der Waals surface area (Å²) < 4.78 is 1.08. The number of amides is 1. The van der Waals surface area contributed by atoms with Gasteiger partial charge in [0.2, 0.25) is 0 Å². The second-order valence-corrected chi connectivity index (χ2v) is 8.25. The van der Waals surface area contributed by atoms with Crippen molar-refractivity contribution in [2.24, 2.45) is 7.05 Å². The Labute approximate surface area is 191 Å². The van der Waals surface area contributed by atoms with Gasteiger partial charge in [-0.05, 0) is 42.3 Å². The van der Waals surface area contributed by atoms with Gasteiger partial charge in [-0.3, -0.25) is 19.1 Å². The van der Waals surface area contributed by atoms with Crippen molar-refractivity contribution in [2.75, 3.05) is 38.1 Å². The summed E-state index contributed by atoms with van der Waals surface area (Å²) in [4.78, 5) is 48.3. The lowest BCUT2D eigenvalue weighted by Gasteiger charge is -2.36. The number of fused-ring (bicyclic) bond motifs is 1. The summed E-state index contributed by atoms with van der Waals surface area (Å²) in [7, 11) is 3.06. The number of H-pyrrole nitrogens is 1. The van der Waals surface area contributed by atoms with Gasteiger partial charge in [0, 0.05) is 46.8 Å². The van der Waals surface area contributed by atoms with Crippen LogP contribution in [0.4, 0.5) is 5.69 Å². The highest BCUT2D eigenvalue weighted by molar-refractivity contribution is 5.92. The molecule has 1 amide bonds. The molecule has 0 unspecified atom stereocenters. The number of pyridine rings is 1. The third-order valence-corrected chi connectivity index (χ3v) is 6.15. The fourth-order valence-electron chi connectivity index (χ4n) is 4.32. The van der Waals surface area contributed by atoms with E-state index in [1.54, 1.807) is 19.2 Å². The van der Waals surface area contributed by atoms with Crippen LogP contribution in [0.1, 0.15) is 27.3 Å². The maximum Gasteiger partial charge on any atom is 0.328 e. The van der Waals surface area contributed by atoms with E-state index >= 15 is 0 Å². The molecule has 9 heteroatoms. The van der Waals surface area contributed by atoms with Crippen LogP contribution in [0.2, 0.25) is 0 Å². The summed E-state index contributed by atoms with van der Waals surface area (Å²) in [5.74, 6) is -0.192. The number of aryl methyl sites for hydroxylation is 1. The SMILES string of the molecule is C=Cc1cc(CN2CCN(c3ccc(C(=O)NC)nc3C)CC2)cc2[nH]c(=O)n(C)c(=O)c12. The monoisotopic (exact) mass is 448 g/mol. The number of piperazine rings is 1. The van der Waals surface area contributed by atoms with E-state index in [0.29, 0.717) is 23.1 Å². The normalized spacial score (nSPS) is 14.5. The molecule has 3 aromatic rings. The molecule has 0 atom stereocenters. The van der Waals surface area contributed by atoms with E-state index in [1.807, 2.05) is 25.1 Å². The van der Waals surface area contributed by atoms with Gasteiger partial charge in [0.25, 0.3) is 11.5 Å². The Balaban J connectivity index is 1.50. The van der Waals surface area contributed by atoms with Gasteiger partial charge in [-0.2, -0.15) is 0 Å². The Kier molecular flexibility index (Phi) is 6.15. The number of hydrogen-bond acceptors (Lipinski definition) is 6. The minimum absolute atomic E-state index is 0.192. The van der Waals surface area contributed by atoms with Crippen molar-refractivity contribution in [3.63, 3.8) is 0 Å². The molecule has 0 aliphatic carbocycles. The number of rotatable bonds is 5. The van der Waals surface area contributed by atoms with Gasteiger partial charge in [0.05, 0.1) is 22.3 Å². The lowest BCUT2D eigenvalue weighted by atomic mass is 10.0. The first-order chi connectivity index (χ1) is 15.8. The lowest BCUT2D eigenvalue weighted by molar-refractivity contribution is 0.0958. The Morgan fingerprint density at radius 2 is 1.94 bits per heavy atom. The minimum atomic E-state index is -0.431. The van der Waals surface area contributed by atoms with Crippen LogP contribution < -0.4 is 21.5 Å². The Morgan fingerprint density at radius 1 is 1.21 bits per heavy atom. The lowest BCUT2D eigenvalue weighted by Crippen LogP contribution is -2.46. The van der Waals surface area contributed by atoms with Gasteiger partial charge in [0.15, 0.2) is 0 Å². The molecule has 1 aliphatic heterocycles. The molecule has 0 spiro atoms. The topological polar surface area (TPSA) is 103 Å². The molecule has 1 aliphatic rings. The highest BCUT2D eigenvalue weighted by Crippen LogP contribution is 2.22. The molecule has 1 aromatic carbocycles. The zero-order chi connectivity index (χ0) is 23.7. The highest BCUT2D eigenvalue weighted by Gasteiger charge is 2.20. The van der Waals surface area contributed by atoms with E-state index < -0.39 is 5.69 Å². The zero-order valence-corrected chi connectivity index (χ0v) is 19.1. The van der Waals surface area contributed by atoms with Crippen LogP contribution in [0, 0.1) is 6.92 Å². The van der Waals surface area contributed by atoms with Crippen LogP contribution >= 0.6 is 0 Å². The molecular weight excluding hydrogens is 420 g/mol. The third kappa shape index (κ3) is 4.31. The molecule has 1 fully saturated rings. The fourth-order valence-corrected chi connectivity index (χ4v) is 4.32. The maximum atomic E-state index is 12.6. The van der Waals surface area contributed by atoms with Crippen LogP contribution in [0.3, 0.4) is 0 Å². The van der Waals surface area contributed by atoms with E-state index in [9.17, 15) is 14.4 Å². The molecular formula is C24H28N6O3. The largest absolute Gasteiger partial charge is 0.368 e. The standard InChI is InChI=1S/C24H28N6O3/c1-5-17-12-16(13-19-21(17)23(32)28(4)24(33)27-19)14-29-8-10-30(11-9-29)20-7-6-18(22(31)25-3)26-15(20)2/h5-7,12-13H,1,8-11,14H2,2-4H3,(H,25,31)(H,27,33). The van der Waals surface area contributed by atoms with E-state index in [4.69, 9.17) is 0 Å². The van der Waals surface area contributed by atoms with Gasteiger partial charge in [-0.15, -0.1) is 0 Å². The average Bonchev–Trinajstić information content (AvgIpc) is 2.82. The van der Waals surface area contributed by atoms with Crippen molar-refractivity contribution in [3.8, 4) is 0 Å². The molecule has 4 rings (SSSR count). The second-order valence-electron chi connectivity index (χ2n) is 8.25. The number of anilines is 1. The van der Waals surface area contributed by atoms with E-state index in [2.05, 4.69) is 31.7 Å². The van der Waals surface area contributed by atoms with Crippen LogP contribution in [0.25, 0.3) is 17.0 Å². The van der Waals surface area contributed by atoms with Crippen LogP contribution in [-0.4, -0.2) is 58.6 Å². The second kappa shape index (κ2) is 9.03. The quantitative estimate of drug-likeness (QED) is 0.609. The smallest absolute Gasteiger partial charge is 0.328 e. The van der Waals surface area contributed by atoms with Crippen LogP contribution in [0.5, 0.6) is 0 Å². The van der Waals surface area contributed by atoms with E-state index in [1.165, 1.54) is 7.05 Å². The zero-order valence-electron chi connectivity index (χ0n) is 19.1. The molecule has 0 saturated carbocycles. The predicted octanol–water partition coefficient (Wildman–Crippen LogP) is 1.26. The number of nitrogens with zero attached hydrogens (tertiary/aromatic N) is 4. The van der Waals surface area contributed by atoms with Gasteiger partial charge >= 0.3 is 5.69 Å².